The first-order valence-electron chi connectivity index (χ1n) is 11.3. The number of nitrogens with zero attached hydrogens (tertiary/aromatic N) is 2. The van der Waals surface area contributed by atoms with E-state index in [0.717, 1.165) is 22.3 Å². The number of carbonyl (C=O) groups excluding carboxylic acids is 2. The minimum Gasteiger partial charge on any atom is -0.481 e. The topological polar surface area (TPSA) is 99.2 Å². The molecule has 2 aliphatic rings. The van der Waals surface area contributed by atoms with E-state index in [1.54, 1.807) is 11.8 Å². The molecule has 0 aromatic heterocycles. The van der Waals surface area contributed by atoms with Crippen LogP contribution in [0.2, 0.25) is 0 Å². The molecule has 0 radical (unpaired) electrons. The quantitative estimate of drug-likeness (QED) is 0.671. The van der Waals surface area contributed by atoms with Gasteiger partial charge in [-0.3, -0.25) is 14.5 Å². The van der Waals surface area contributed by atoms with Crippen molar-refractivity contribution in [1.82, 2.24) is 15.1 Å². The van der Waals surface area contributed by atoms with Crippen LogP contribution in [0.1, 0.15) is 30.4 Å². The summed E-state index contributed by atoms with van der Waals surface area (Å²) in [6.07, 6.45) is -0.522. The van der Waals surface area contributed by atoms with Gasteiger partial charge in [0.25, 0.3) is 0 Å². The first-order valence-corrected chi connectivity index (χ1v) is 11.3. The van der Waals surface area contributed by atoms with E-state index in [2.05, 4.69) is 29.6 Å². The molecule has 2 N–H and O–H groups in total. The molecule has 1 saturated heterocycles. The minimum atomic E-state index is -0.825. The van der Waals surface area contributed by atoms with Gasteiger partial charge < -0.3 is 20.1 Å². The lowest BCUT2D eigenvalue weighted by molar-refractivity contribution is -0.138. The van der Waals surface area contributed by atoms with Crippen LogP contribution in [-0.4, -0.2) is 78.2 Å². The largest absolute Gasteiger partial charge is 0.481 e. The lowest BCUT2D eigenvalue weighted by Crippen LogP contribution is -2.54. The first kappa shape index (κ1) is 22.8. The van der Waals surface area contributed by atoms with Crippen molar-refractivity contribution in [1.29, 1.82) is 0 Å². The standard InChI is InChI=1S/C25H29N3O5/c1-17(24(31)28-14-12-27(13-15-28)11-10-23(29)30)26-25(32)33-16-22-20-8-4-2-6-18(20)19-7-3-5-9-21(19)22/h2-9,17,22H,10-16H2,1H3,(H,26,32)(H,29,30)/t17-/m0/s1. The van der Waals surface area contributed by atoms with Crippen LogP contribution >= 0.6 is 0 Å². The number of carboxylic acids is 1. The number of nitrogens with one attached hydrogen (secondary N) is 1. The smallest absolute Gasteiger partial charge is 0.407 e. The number of ether oxygens (including phenoxy) is 1. The number of piperazine rings is 1. The summed E-state index contributed by atoms with van der Waals surface area (Å²) in [6.45, 7) is 4.59. The van der Waals surface area contributed by atoms with E-state index < -0.39 is 18.1 Å². The van der Waals surface area contributed by atoms with E-state index in [-0.39, 0.29) is 24.9 Å². The second kappa shape index (κ2) is 10.0. The third-order valence-electron chi connectivity index (χ3n) is 6.37. The molecule has 1 aliphatic carbocycles. The first-order chi connectivity index (χ1) is 15.9. The highest BCUT2D eigenvalue weighted by Crippen LogP contribution is 2.44. The Hall–Kier alpha value is -3.39. The molecule has 2 amide bonds. The maximum absolute atomic E-state index is 12.7. The molecule has 174 valence electrons. The molecule has 0 unspecified atom stereocenters. The molecule has 0 bridgehead atoms. The lowest BCUT2D eigenvalue weighted by atomic mass is 9.98. The number of rotatable bonds is 7. The number of carbonyl (C=O) groups is 3. The van der Waals surface area contributed by atoms with Gasteiger partial charge in [0.2, 0.25) is 5.91 Å². The monoisotopic (exact) mass is 451 g/mol. The molecule has 0 saturated carbocycles. The van der Waals surface area contributed by atoms with Crippen molar-refractivity contribution in [3.05, 3.63) is 59.7 Å². The van der Waals surface area contributed by atoms with E-state index in [4.69, 9.17) is 9.84 Å². The number of benzene rings is 2. The van der Waals surface area contributed by atoms with Gasteiger partial charge in [0, 0.05) is 38.6 Å². The number of aliphatic carboxylic acids is 1. The van der Waals surface area contributed by atoms with Gasteiger partial charge in [-0.2, -0.15) is 0 Å². The van der Waals surface area contributed by atoms with E-state index >= 15 is 0 Å². The predicted molar refractivity (Wildman–Crippen MR) is 123 cm³/mol. The summed E-state index contributed by atoms with van der Waals surface area (Å²) >= 11 is 0. The van der Waals surface area contributed by atoms with Crippen LogP contribution in [0.15, 0.2) is 48.5 Å². The molecule has 4 rings (SSSR count). The Morgan fingerprint density at radius 1 is 1.00 bits per heavy atom. The summed E-state index contributed by atoms with van der Waals surface area (Å²) in [4.78, 5) is 39.6. The van der Waals surface area contributed by atoms with Gasteiger partial charge >= 0.3 is 12.1 Å². The van der Waals surface area contributed by atoms with E-state index in [1.807, 2.05) is 29.2 Å². The molecular weight excluding hydrogens is 422 g/mol. The number of alkyl carbamates (subject to hydrolysis) is 1. The highest BCUT2D eigenvalue weighted by molar-refractivity contribution is 5.85. The van der Waals surface area contributed by atoms with Crippen molar-refractivity contribution in [2.75, 3.05) is 39.3 Å². The summed E-state index contributed by atoms with van der Waals surface area (Å²) in [7, 11) is 0. The summed E-state index contributed by atoms with van der Waals surface area (Å²) < 4.78 is 5.53. The fourth-order valence-corrected chi connectivity index (χ4v) is 4.60. The number of amides is 2. The van der Waals surface area contributed by atoms with Gasteiger partial charge in [-0.1, -0.05) is 48.5 Å². The van der Waals surface area contributed by atoms with Crippen molar-refractivity contribution in [2.24, 2.45) is 0 Å². The zero-order valence-electron chi connectivity index (χ0n) is 18.7. The summed E-state index contributed by atoms with van der Waals surface area (Å²) in [5.41, 5.74) is 4.59. The number of fused-ring (bicyclic) bond motifs is 3. The summed E-state index contributed by atoms with van der Waals surface area (Å²) in [5, 5.41) is 11.5. The third-order valence-corrected chi connectivity index (χ3v) is 6.37. The van der Waals surface area contributed by atoms with Gasteiger partial charge in [0.15, 0.2) is 0 Å². The van der Waals surface area contributed by atoms with Crippen LogP contribution in [0.3, 0.4) is 0 Å². The third kappa shape index (κ3) is 5.17. The van der Waals surface area contributed by atoms with Gasteiger partial charge in [0.1, 0.15) is 12.6 Å². The SMILES string of the molecule is C[C@H](NC(=O)OCC1c2ccccc2-c2ccccc21)C(=O)N1CCN(CCC(=O)O)CC1. The molecule has 8 heteroatoms. The molecule has 1 atom stereocenters. The molecule has 1 aliphatic heterocycles. The Morgan fingerprint density at radius 2 is 1.58 bits per heavy atom. The molecule has 2 aromatic carbocycles. The second-order valence-corrected chi connectivity index (χ2v) is 8.50. The van der Waals surface area contributed by atoms with Crippen molar-refractivity contribution in [3.63, 3.8) is 0 Å². The molecular formula is C25H29N3O5. The number of carboxylic acid groups (broad SMARTS) is 1. The van der Waals surface area contributed by atoms with Crippen molar-refractivity contribution in [3.8, 4) is 11.1 Å². The zero-order valence-corrected chi connectivity index (χ0v) is 18.7. The van der Waals surface area contributed by atoms with Crippen molar-refractivity contribution in [2.45, 2.75) is 25.3 Å². The van der Waals surface area contributed by atoms with Gasteiger partial charge in [0.05, 0.1) is 6.42 Å². The van der Waals surface area contributed by atoms with Gasteiger partial charge in [-0.25, -0.2) is 4.79 Å². The van der Waals surface area contributed by atoms with Crippen LogP contribution in [0.5, 0.6) is 0 Å². The Balaban J connectivity index is 1.27. The fourth-order valence-electron chi connectivity index (χ4n) is 4.60. The van der Waals surface area contributed by atoms with Crippen LogP contribution in [0, 0.1) is 0 Å². The van der Waals surface area contributed by atoms with E-state index in [9.17, 15) is 14.4 Å². The Morgan fingerprint density at radius 3 is 2.15 bits per heavy atom. The van der Waals surface area contributed by atoms with Gasteiger partial charge in [-0.05, 0) is 29.2 Å². The second-order valence-electron chi connectivity index (χ2n) is 8.50. The fraction of sp³-hybridized carbons (Fsp3) is 0.400. The van der Waals surface area contributed by atoms with E-state index in [0.29, 0.717) is 32.7 Å². The Bertz CT molecular complexity index is 987. The highest BCUT2D eigenvalue weighted by atomic mass is 16.5. The van der Waals surface area contributed by atoms with Crippen LogP contribution < -0.4 is 5.32 Å². The molecule has 8 nitrogen and oxygen atoms in total. The number of hydrogen-bond acceptors (Lipinski definition) is 5. The summed E-state index contributed by atoms with van der Waals surface area (Å²) in [6, 6.07) is 15.6. The molecule has 1 heterocycles. The van der Waals surface area contributed by atoms with Crippen molar-refractivity contribution >= 4 is 18.0 Å². The predicted octanol–water partition coefficient (Wildman–Crippen LogP) is 2.53. The average Bonchev–Trinajstić information content (AvgIpc) is 3.15. The van der Waals surface area contributed by atoms with Gasteiger partial charge in [-0.15, -0.1) is 0 Å². The maximum atomic E-state index is 12.7. The van der Waals surface area contributed by atoms with Crippen molar-refractivity contribution < 1.29 is 24.2 Å². The summed E-state index contributed by atoms with van der Waals surface area (Å²) in [5.74, 6) is -1.02. The zero-order chi connectivity index (χ0) is 23.4. The normalized spacial score (nSPS) is 16.6. The van der Waals surface area contributed by atoms with Crippen LogP contribution in [0.25, 0.3) is 11.1 Å². The molecule has 33 heavy (non-hydrogen) atoms. The lowest BCUT2D eigenvalue weighted by Gasteiger charge is -2.35. The Kier molecular flexibility index (Phi) is 6.93. The number of hydrogen-bond donors (Lipinski definition) is 2. The molecule has 0 spiro atoms. The highest BCUT2D eigenvalue weighted by Gasteiger charge is 2.30. The average molecular weight is 452 g/mol. The van der Waals surface area contributed by atoms with E-state index in [1.165, 1.54) is 0 Å². The van der Waals surface area contributed by atoms with Crippen LogP contribution in [0.4, 0.5) is 4.79 Å². The van der Waals surface area contributed by atoms with Crippen LogP contribution in [-0.2, 0) is 14.3 Å². The maximum Gasteiger partial charge on any atom is 0.407 e. The Labute approximate surface area is 193 Å². The minimum absolute atomic E-state index is 0.0342. The molecule has 1 fully saturated rings. The molecule has 2 aromatic rings.